The normalized spacial score (nSPS) is 13.7. The van der Waals surface area contributed by atoms with E-state index in [0.717, 1.165) is 12.8 Å². The number of thioether (sulfide) groups is 1. The molecule has 4 rings (SSSR count). The number of aromatic hydroxyl groups is 1. The van der Waals surface area contributed by atoms with Gasteiger partial charge < -0.3 is 5.11 Å². The highest BCUT2D eigenvalue weighted by Gasteiger charge is 2.31. The molecule has 0 bridgehead atoms. The van der Waals surface area contributed by atoms with E-state index in [-0.39, 0.29) is 29.1 Å². The molecule has 0 unspecified atom stereocenters. The molecule has 1 fully saturated rings. The fourth-order valence-electron chi connectivity index (χ4n) is 2.72. The SMILES string of the molecule is O=C(CSc1nnc(-c2ccccc2F)n1C1CC1)c1ccc(O)cc1. The van der Waals surface area contributed by atoms with Crippen molar-refractivity contribution in [1.82, 2.24) is 14.8 Å². The van der Waals surface area contributed by atoms with E-state index >= 15 is 0 Å². The number of phenolic OH excluding ortho intramolecular Hbond substituents is 1. The van der Waals surface area contributed by atoms with Crippen molar-refractivity contribution in [2.24, 2.45) is 0 Å². The van der Waals surface area contributed by atoms with Crippen molar-refractivity contribution >= 4 is 17.5 Å². The first-order valence-electron chi connectivity index (χ1n) is 8.28. The molecule has 5 nitrogen and oxygen atoms in total. The number of carbonyl (C=O) groups is 1. The number of hydrogen-bond donors (Lipinski definition) is 1. The highest BCUT2D eigenvalue weighted by atomic mass is 32.2. The van der Waals surface area contributed by atoms with Crippen LogP contribution in [0, 0.1) is 5.82 Å². The number of phenols is 1. The monoisotopic (exact) mass is 369 g/mol. The zero-order valence-corrected chi connectivity index (χ0v) is 14.6. The lowest BCUT2D eigenvalue weighted by molar-refractivity contribution is 0.102. The standard InChI is InChI=1S/C19H16FN3O2S/c20-16-4-2-1-3-15(16)18-21-22-19(23(18)13-7-8-13)26-11-17(25)12-5-9-14(24)10-6-12/h1-6,9-10,13,24H,7-8,11H2. The first-order valence-corrected chi connectivity index (χ1v) is 9.27. The van der Waals surface area contributed by atoms with Gasteiger partial charge in [-0.3, -0.25) is 9.36 Å². The molecule has 0 aliphatic heterocycles. The van der Waals surface area contributed by atoms with Crippen LogP contribution >= 0.6 is 11.8 Å². The summed E-state index contributed by atoms with van der Waals surface area (Å²) in [6.07, 6.45) is 2.00. The fourth-order valence-corrected chi connectivity index (χ4v) is 3.62. The van der Waals surface area contributed by atoms with E-state index in [1.54, 1.807) is 30.3 Å². The third kappa shape index (κ3) is 3.35. The molecule has 0 amide bonds. The van der Waals surface area contributed by atoms with Gasteiger partial charge in [0.2, 0.25) is 0 Å². The van der Waals surface area contributed by atoms with Crippen molar-refractivity contribution in [2.75, 3.05) is 5.75 Å². The van der Waals surface area contributed by atoms with Crippen LogP contribution in [0.3, 0.4) is 0 Å². The molecule has 0 atom stereocenters. The molecule has 1 aliphatic rings. The second-order valence-corrected chi connectivity index (χ2v) is 7.09. The maximum Gasteiger partial charge on any atom is 0.192 e. The van der Waals surface area contributed by atoms with Gasteiger partial charge in [0.15, 0.2) is 16.8 Å². The highest BCUT2D eigenvalue weighted by Crippen LogP contribution is 2.41. The van der Waals surface area contributed by atoms with Crippen LogP contribution in [0.4, 0.5) is 4.39 Å². The minimum absolute atomic E-state index is 0.0622. The summed E-state index contributed by atoms with van der Waals surface area (Å²) in [7, 11) is 0. The third-order valence-electron chi connectivity index (χ3n) is 4.21. The lowest BCUT2D eigenvalue weighted by atomic mass is 10.1. The quantitative estimate of drug-likeness (QED) is 0.523. The Morgan fingerprint density at radius 3 is 2.58 bits per heavy atom. The number of hydrogen-bond acceptors (Lipinski definition) is 5. The molecular weight excluding hydrogens is 353 g/mol. The van der Waals surface area contributed by atoms with Gasteiger partial charge in [0, 0.05) is 11.6 Å². The number of aromatic nitrogens is 3. The van der Waals surface area contributed by atoms with Gasteiger partial charge in [-0.05, 0) is 49.2 Å². The minimum Gasteiger partial charge on any atom is -0.508 e. The largest absolute Gasteiger partial charge is 0.508 e. The second-order valence-electron chi connectivity index (χ2n) is 6.15. The lowest BCUT2D eigenvalue weighted by Crippen LogP contribution is -2.05. The maximum atomic E-state index is 14.2. The van der Waals surface area contributed by atoms with Gasteiger partial charge in [-0.2, -0.15) is 0 Å². The van der Waals surface area contributed by atoms with Crippen molar-refractivity contribution in [3.05, 3.63) is 59.9 Å². The molecule has 1 aromatic heterocycles. The molecule has 1 heterocycles. The summed E-state index contributed by atoms with van der Waals surface area (Å²) in [6, 6.07) is 12.9. The Morgan fingerprint density at radius 2 is 1.88 bits per heavy atom. The molecule has 1 saturated carbocycles. The Bertz CT molecular complexity index is 952. The van der Waals surface area contributed by atoms with E-state index in [1.807, 2.05) is 4.57 Å². The van der Waals surface area contributed by atoms with Crippen molar-refractivity contribution < 1.29 is 14.3 Å². The van der Waals surface area contributed by atoms with Crippen molar-refractivity contribution in [3.63, 3.8) is 0 Å². The number of benzene rings is 2. The molecule has 1 aliphatic carbocycles. The fraction of sp³-hybridized carbons (Fsp3) is 0.211. The lowest BCUT2D eigenvalue weighted by Gasteiger charge is -2.09. The van der Waals surface area contributed by atoms with E-state index in [1.165, 1.54) is 30.0 Å². The topological polar surface area (TPSA) is 68.0 Å². The van der Waals surface area contributed by atoms with Gasteiger partial charge >= 0.3 is 0 Å². The van der Waals surface area contributed by atoms with Gasteiger partial charge in [-0.25, -0.2) is 4.39 Å². The summed E-state index contributed by atoms with van der Waals surface area (Å²) >= 11 is 1.30. The predicted molar refractivity (Wildman–Crippen MR) is 96.8 cm³/mol. The molecule has 1 N–H and O–H groups in total. The van der Waals surface area contributed by atoms with Crippen molar-refractivity contribution in [2.45, 2.75) is 24.0 Å². The van der Waals surface area contributed by atoms with Crippen LogP contribution in [-0.4, -0.2) is 31.4 Å². The number of carbonyl (C=O) groups excluding carboxylic acids is 1. The van der Waals surface area contributed by atoms with Gasteiger partial charge in [0.25, 0.3) is 0 Å². The molecule has 0 saturated heterocycles. The van der Waals surface area contributed by atoms with Gasteiger partial charge in [0.1, 0.15) is 11.6 Å². The summed E-state index contributed by atoms with van der Waals surface area (Å²) in [5, 5.41) is 18.3. The van der Waals surface area contributed by atoms with Gasteiger partial charge in [-0.15, -0.1) is 10.2 Å². The predicted octanol–water partition coefficient (Wildman–Crippen LogP) is 4.10. The Kier molecular flexibility index (Phi) is 4.46. The average molecular weight is 369 g/mol. The maximum absolute atomic E-state index is 14.2. The van der Waals surface area contributed by atoms with Crippen LogP contribution in [0.5, 0.6) is 5.75 Å². The van der Waals surface area contributed by atoms with E-state index in [2.05, 4.69) is 10.2 Å². The van der Waals surface area contributed by atoms with E-state index in [4.69, 9.17) is 0 Å². The average Bonchev–Trinajstić information content (AvgIpc) is 3.40. The molecule has 2 aromatic carbocycles. The highest BCUT2D eigenvalue weighted by molar-refractivity contribution is 7.99. The molecule has 7 heteroatoms. The molecule has 0 spiro atoms. The van der Waals surface area contributed by atoms with Gasteiger partial charge in [0.05, 0.1) is 11.3 Å². The van der Waals surface area contributed by atoms with Crippen LogP contribution in [0.2, 0.25) is 0 Å². The summed E-state index contributed by atoms with van der Waals surface area (Å²) in [5.74, 6) is 0.432. The second kappa shape index (κ2) is 6.92. The van der Waals surface area contributed by atoms with Crippen LogP contribution in [-0.2, 0) is 0 Å². The first kappa shape index (κ1) is 16.8. The molecule has 26 heavy (non-hydrogen) atoms. The van der Waals surface area contributed by atoms with Gasteiger partial charge in [-0.1, -0.05) is 23.9 Å². The number of halogens is 1. The summed E-state index contributed by atoms with van der Waals surface area (Å²) < 4.78 is 16.1. The van der Waals surface area contributed by atoms with Crippen molar-refractivity contribution in [3.8, 4) is 17.1 Å². The number of rotatable bonds is 6. The third-order valence-corrected chi connectivity index (χ3v) is 5.16. The Balaban J connectivity index is 1.57. The number of ketones is 1. The first-order chi connectivity index (χ1) is 12.6. The van der Waals surface area contributed by atoms with Crippen LogP contribution in [0.15, 0.2) is 53.7 Å². The van der Waals surface area contributed by atoms with Crippen molar-refractivity contribution in [1.29, 1.82) is 0 Å². The molecule has 132 valence electrons. The van der Waals surface area contributed by atoms with Crippen LogP contribution in [0.25, 0.3) is 11.4 Å². The molecule has 3 aromatic rings. The molecule has 0 radical (unpaired) electrons. The Morgan fingerprint density at radius 1 is 1.15 bits per heavy atom. The summed E-state index contributed by atoms with van der Waals surface area (Å²) in [4.78, 5) is 12.3. The number of Topliss-reactive ketones (excluding diaryl/α,β-unsaturated/α-hetero) is 1. The summed E-state index contributed by atoms with van der Waals surface area (Å²) in [5.41, 5.74) is 0.950. The van der Waals surface area contributed by atoms with E-state index < -0.39 is 0 Å². The Hall–Kier alpha value is -2.67. The smallest absolute Gasteiger partial charge is 0.192 e. The van der Waals surface area contributed by atoms with E-state index in [0.29, 0.717) is 22.1 Å². The molecular formula is C19H16FN3O2S. The summed E-state index contributed by atoms with van der Waals surface area (Å²) in [6.45, 7) is 0. The Labute approximate surface area is 153 Å². The van der Waals surface area contributed by atoms with Crippen LogP contribution < -0.4 is 0 Å². The number of nitrogens with zero attached hydrogens (tertiary/aromatic N) is 3. The zero-order valence-electron chi connectivity index (χ0n) is 13.8. The van der Waals surface area contributed by atoms with E-state index in [9.17, 15) is 14.3 Å². The van der Waals surface area contributed by atoms with Crippen LogP contribution in [0.1, 0.15) is 29.2 Å². The minimum atomic E-state index is -0.335. The zero-order chi connectivity index (χ0) is 18.1.